The van der Waals surface area contributed by atoms with Crippen molar-refractivity contribution in [3.63, 3.8) is 0 Å². The molecule has 4 amide bonds. The van der Waals surface area contributed by atoms with Crippen LogP contribution in [0.1, 0.15) is 16.7 Å². The molecule has 7 nitrogen and oxygen atoms in total. The van der Waals surface area contributed by atoms with Gasteiger partial charge in [0.2, 0.25) is 0 Å². The Morgan fingerprint density at radius 3 is 2.46 bits per heavy atom. The van der Waals surface area contributed by atoms with Gasteiger partial charge in [-0.25, -0.2) is 14.1 Å². The smallest absolute Gasteiger partial charge is 0.335 e. The zero-order valence-corrected chi connectivity index (χ0v) is 20.5. The van der Waals surface area contributed by atoms with Crippen molar-refractivity contribution in [1.82, 2.24) is 5.32 Å². The highest BCUT2D eigenvalue weighted by Crippen LogP contribution is 2.36. The van der Waals surface area contributed by atoms with Crippen LogP contribution >= 0.6 is 11.6 Å². The quantitative estimate of drug-likeness (QED) is 0.242. The van der Waals surface area contributed by atoms with Crippen molar-refractivity contribution in [3.8, 4) is 11.5 Å². The van der Waals surface area contributed by atoms with Crippen molar-refractivity contribution < 1.29 is 28.2 Å². The van der Waals surface area contributed by atoms with E-state index >= 15 is 0 Å². The van der Waals surface area contributed by atoms with Crippen molar-refractivity contribution >= 4 is 41.2 Å². The highest BCUT2D eigenvalue weighted by molar-refractivity contribution is 6.39. The maximum Gasteiger partial charge on any atom is 0.335 e. The molecule has 188 valence electrons. The number of urea groups is 1. The summed E-state index contributed by atoms with van der Waals surface area (Å²) in [4.78, 5) is 38.9. The van der Waals surface area contributed by atoms with Crippen LogP contribution in [-0.4, -0.2) is 25.0 Å². The molecule has 3 aromatic carbocycles. The fraction of sp³-hybridized carbons (Fsp3) is 0.107. The van der Waals surface area contributed by atoms with E-state index in [-0.39, 0.29) is 17.9 Å². The van der Waals surface area contributed by atoms with E-state index in [0.29, 0.717) is 34.1 Å². The summed E-state index contributed by atoms with van der Waals surface area (Å²) in [6.45, 7) is 3.98. The Labute approximate surface area is 217 Å². The normalized spacial score (nSPS) is 14.5. The number of imide groups is 2. The molecule has 0 spiro atoms. The third kappa shape index (κ3) is 5.54. The molecule has 4 rings (SSSR count). The lowest BCUT2D eigenvalue weighted by atomic mass is 10.0. The van der Waals surface area contributed by atoms with E-state index in [4.69, 9.17) is 21.1 Å². The Hall–Kier alpha value is -4.43. The second-order valence-corrected chi connectivity index (χ2v) is 8.43. The molecule has 0 atom stereocenters. The Bertz CT molecular complexity index is 1420. The van der Waals surface area contributed by atoms with Crippen LogP contribution in [0.2, 0.25) is 5.02 Å². The van der Waals surface area contributed by atoms with E-state index in [1.807, 2.05) is 18.2 Å². The number of hydrogen-bond donors (Lipinski definition) is 1. The largest absolute Gasteiger partial charge is 0.493 e. The molecule has 9 heteroatoms. The minimum atomic E-state index is -0.924. The van der Waals surface area contributed by atoms with Gasteiger partial charge in [0.05, 0.1) is 12.8 Å². The summed E-state index contributed by atoms with van der Waals surface area (Å²) >= 11 is 6.25. The molecule has 1 aliphatic rings. The molecule has 3 aromatic rings. The third-order valence-electron chi connectivity index (χ3n) is 5.57. The van der Waals surface area contributed by atoms with Crippen LogP contribution in [-0.2, 0) is 22.6 Å². The van der Waals surface area contributed by atoms with Gasteiger partial charge in [-0.3, -0.25) is 14.9 Å². The van der Waals surface area contributed by atoms with Crippen LogP contribution in [0.25, 0.3) is 6.08 Å². The van der Waals surface area contributed by atoms with Crippen molar-refractivity contribution in [1.29, 1.82) is 0 Å². The maximum atomic E-state index is 13.3. The van der Waals surface area contributed by atoms with E-state index in [0.717, 1.165) is 22.6 Å². The number of barbiturate groups is 1. The molecule has 0 radical (unpaired) electrons. The van der Waals surface area contributed by atoms with Crippen LogP contribution in [0, 0.1) is 5.82 Å². The molecule has 1 N–H and O–H groups in total. The first kappa shape index (κ1) is 25.7. The summed E-state index contributed by atoms with van der Waals surface area (Å²) in [5.74, 6) is -1.39. The molecule has 1 heterocycles. The SMILES string of the molecule is C=CCc1cc(/C=C2\C(=O)NC(=O)N(c3ccc(F)cc3)C2=O)cc(OC)c1OCc1ccccc1Cl. The number of ether oxygens (including phenoxy) is 2. The van der Waals surface area contributed by atoms with Gasteiger partial charge in [-0.1, -0.05) is 35.9 Å². The number of anilines is 1. The number of nitrogens with zero attached hydrogens (tertiary/aromatic N) is 1. The van der Waals surface area contributed by atoms with E-state index < -0.39 is 23.7 Å². The molecule has 0 aliphatic carbocycles. The summed E-state index contributed by atoms with van der Waals surface area (Å²) in [5, 5.41) is 2.71. The summed E-state index contributed by atoms with van der Waals surface area (Å²) in [6.07, 6.45) is 3.45. The number of amides is 4. The van der Waals surface area contributed by atoms with Crippen LogP contribution in [0.3, 0.4) is 0 Å². The Morgan fingerprint density at radius 2 is 1.78 bits per heavy atom. The van der Waals surface area contributed by atoms with Gasteiger partial charge in [0.25, 0.3) is 11.8 Å². The predicted molar refractivity (Wildman–Crippen MR) is 138 cm³/mol. The zero-order chi connectivity index (χ0) is 26.5. The maximum absolute atomic E-state index is 13.3. The van der Waals surface area contributed by atoms with Crippen LogP contribution in [0.4, 0.5) is 14.9 Å². The average molecular weight is 521 g/mol. The molecule has 0 unspecified atom stereocenters. The highest BCUT2D eigenvalue weighted by atomic mass is 35.5. The average Bonchev–Trinajstić information content (AvgIpc) is 2.87. The standard InChI is InChI=1S/C28H22ClFN2O5/c1-3-6-18-13-17(15-24(36-2)25(18)37-16-19-7-4-5-8-23(19)29)14-22-26(33)31-28(35)32(27(22)34)21-11-9-20(30)10-12-21/h3-5,7-15H,1,6,16H2,2H3,(H,31,33,35)/b22-14+. The number of hydrogen-bond acceptors (Lipinski definition) is 5. The summed E-state index contributed by atoms with van der Waals surface area (Å²) in [7, 11) is 1.47. The number of methoxy groups -OCH3 is 1. The van der Waals surface area contributed by atoms with Gasteiger partial charge < -0.3 is 9.47 Å². The summed E-state index contributed by atoms with van der Waals surface area (Å²) in [6, 6.07) is 14.5. The highest BCUT2D eigenvalue weighted by Gasteiger charge is 2.37. The zero-order valence-electron chi connectivity index (χ0n) is 19.8. The van der Waals surface area contributed by atoms with Crippen LogP contribution in [0.5, 0.6) is 11.5 Å². The molecule has 1 aliphatic heterocycles. The van der Waals surface area contributed by atoms with Crippen molar-refractivity contribution in [3.05, 3.63) is 106 Å². The molecular weight excluding hydrogens is 499 g/mol. The first-order chi connectivity index (χ1) is 17.8. The topological polar surface area (TPSA) is 84.9 Å². The number of rotatable bonds is 8. The second kappa shape index (κ2) is 11.1. The van der Waals surface area contributed by atoms with Gasteiger partial charge >= 0.3 is 6.03 Å². The van der Waals surface area contributed by atoms with E-state index in [2.05, 4.69) is 11.9 Å². The van der Waals surface area contributed by atoms with Crippen molar-refractivity contribution in [2.24, 2.45) is 0 Å². The second-order valence-electron chi connectivity index (χ2n) is 8.02. The molecular formula is C28H22ClFN2O5. The molecule has 1 saturated heterocycles. The van der Waals surface area contributed by atoms with Crippen LogP contribution in [0.15, 0.2) is 78.9 Å². The lowest BCUT2D eigenvalue weighted by Crippen LogP contribution is -2.54. The van der Waals surface area contributed by atoms with Gasteiger partial charge in [0, 0.05) is 16.1 Å². The molecule has 37 heavy (non-hydrogen) atoms. The van der Waals surface area contributed by atoms with E-state index in [1.165, 1.54) is 25.3 Å². The van der Waals surface area contributed by atoms with Crippen molar-refractivity contribution in [2.75, 3.05) is 12.0 Å². The van der Waals surface area contributed by atoms with Crippen LogP contribution < -0.4 is 19.7 Å². The fourth-order valence-corrected chi connectivity index (χ4v) is 3.99. The number of nitrogens with one attached hydrogen (secondary N) is 1. The lowest BCUT2D eigenvalue weighted by Gasteiger charge is -2.26. The van der Waals surface area contributed by atoms with Gasteiger partial charge in [0.1, 0.15) is 18.0 Å². The number of benzene rings is 3. The Balaban J connectivity index is 1.70. The molecule has 0 bridgehead atoms. The Kier molecular flexibility index (Phi) is 7.69. The Morgan fingerprint density at radius 1 is 1.05 bits per heavy atom. The summed E-state index contributed by atoms with van der Waals surface area (Å²) < 4.78 is 24.9. The van der Waals surface area contributed by atoms with Gasteiger partial charge in [-0.2, -0.15) is 0 Å². The number of carbonyl (C=O) groups excluding carboxylic acids is 3. The van der Waals surface area contributed by atoms with Gasteiger partial charge in [-0.05, 0) is 60.5 Å². The number of carbonyl (C=O) groups is 3. The van der Waals surface area contributed by atoms with E-state index in [1.54, 1.807) is 24.3 Å². The first-order valence-electron chi connectivity index (χ1n) is 11.2. The number of allylic oxidation sites excluding steroid dienone is 1. The molecule has 1 fully saturated rings. The molecule has 0 saturated carbocycles. The fourth-order valence-electron chi connectivity index (χ4n) is 3.80. The van der Waals surface area contributed by atoms with Gasteiger partial charge in [0.15, 0.2) is 11.5 Å². The predicted octanol–water partition coefficient (Wildman–Crippen LogP) is 5.46. The lowest BCUT2D eigenvalue weighted by molar-refractivity contribution is -0.122. The van der Waals surface area contributed by atoms with Gasteiger partial charge in [-0.15, -0.1) is 6.58 Å². The third-order valence-corrected chi connectivity index (χ3v) is 5.93. The first-order valence-corrected chi connectivity index (χ1v) is 11.5. The monoisotopic (exact) mass is 520 g/mol. The summed E-state index contributed by atoms with van der Waals surface area (Å²) in [5.41, 5.74) is 1.79. The van der Waals surface area contributed by atoms with E-state index in [9.17, 15) is 18.8 Å². The van der Waals surface area contributed by atoms with Crippen molar-refractivity contribution in [2.45, 2.75) is 13.0 Å². The number of halogens is 2. The molecule has 0 aromatic heterocycles. The minimum Gasteiger partial charge on any atom is -0.493 e. The minimum absolute atomic E-state index is 0.121.